The number of pyridine rings is 2. The molecule has 2 nitrogen and oxygen atoms in total. The van der Waals surface area contributed by atoms with E-state index in [-0.39, 0.29) is 0 Å². The molecular formula is C24H32N2. The standard InChI is InChI=1S/C24H32N2/c1-3-5-7-9-12-20-18-21-16-15-19-13-11-17-25-23(19)24(21)26-22(20)14-10-8-6-4-2/h11,13,15-18H,3-10,12,14H2,1-2H3. The van der Waals surface area contributed by atoms with Crippen LogP contribution in [0.25, 0.3) is 21.8 Å². The van der Waals surface area contributed by atoms with Crippen LogP contribution < -0.4 is 0 Å². The van der Waals surface area contributed by atoms with E-state index in [0.717, 1.165) is 23.9 Å². The quantitative estimate of drug-likeness (QED) is 0.290. The van der Waals surface area contributed by atoms with Gasteiger partial charge in [-0.3, -0.25) is 9.97 Å². The number of aromatic nitrogens is 2. The number of rotatable bonds is 10. The topological polar surface area (TPSA) is 25.8 Å². The van der Waals surface area contributed by atoms with Gasteiger partial charge in [-0.05, 0) is 43.4 Å². The van der Waals surface area contributed by atoms with E-state index in [1.807, 2.05) is 12.3 Å². The Hall–Kier alpha value is -1.96. The van der Waals surface area contributed by atoms with Gasteiger partial charge in [-0.25, -0.2) is 0 Å². The molecule has 0 fully saturated rings. The lowest BCUT2D eigenvalue weighted by Crippen LogP contribution is -2.01. The minimum atomic E-state index is 1.04. The second-order valence-corrected chi connectivity index (χ2v) is 7.43. The molecule has 2 heteroatoms. The molecule has 0 atom stereocenters. The van der Waals surface area contributed by atoms with Gasteiger partial charge >= 0.3 is 0 Å². The Morgan fingerprint density at radius 1 is 0.731 bits per heavy atom. The Balaban J connectivity index is 1.92. The third-order valence-corrected chi connectivity index (χ3v) is 5.29. The van der Waals surface area contributed by atoms with E-state index in [2.05, 4.69) is 43.1 Å². The van der Waals surface area contributed by atoms with Crippen molar-refractivity contribution in [2.75, 3.05) is 0 Å². The molecule has 0 saturated heterocycles. The van der Waals surface area contributed by atoms with Crippen LogP contribution in [0.5, 0.6) is 0 Å². The van der Waals surface area contributed by atoms with Gasteiger partial charge in [0.2, 0.25) is 0 Å². The molecule has 0 saturated carbocycles. The van der Waals surface area contributed by atoms with E-state index < -0.39 is 0 Å². The van der Waals surface area contributed by atoms with Crippen molar-refractivity contribution >= 4 is 21.8 Å². The van der Waals surface area contributed by atoms with Crippen molar-refractivity contribution in [2.45, 2.75) is 78.1 Å². The van der Waals surface area contributed by atoms with E-state index in [0.29, 0.717) is 0 Å². The Labute approximate surface area is 158 Å². The van der Waals surface area contributed by atoms with Crippen LogP contribution >= 0.6 is 0 Å². The average molecular weight is 349 g/mol. The molecule has 0 aliphatic rings. The first-order valence-corrected chi connectivity index (χ1v) is 10.5. The molecule has 138 valence electrons. The largest absolute Gasteiger partial charge is 0.254 e. The van der Waals surface area contributed by atoms with Crippen molar-refractivity contribution in [3.8, 4) is 0 Å². The van der Waals surface area contributed by atoms with Crippen LogP contribution in [0.15, 0.2) is 36.5 Å². The van der Waals surface area contributed by atoms with Gasteiger partial charge in [0, 0.05) is 22.7 Å². The highest BCUT2D eigenvalue weighted by molar-refractivity contribution is 6.02. The normalized spacial score (nSPS) is 11.5. The molecule has 26 heavy (non-hydrogen) atoms. The fraction of sp³-hybridized carbons (Fsp3) is 0.500. The summed E-state index contributed by atoms with van der Waals surface area (Å²) < 4.78 is 0. The second kappa shape index (κ2) is 9.66. The number of aryl methyl sites for hydroxylation is 2. The van der Waals surface area contributed by atoms with Crippen molar-refractivity contribution in [3.05, 3.63) is 47.8 Å². The molecule has 0 aliphatic carbocycles. The maximum atomic E-state index is 5.14. The minimum Gasteiger partial charge on any atom is -0.254 e. The highest BCUT2D eigenvalue weighted by Crippen LogP contribution is 2.26. The zero-order valence-electron chi connectivity index (χ0n) is 16.4. The molecule has 0 unspecified atom stereocenters. The predicted octanol–water partition coefficient (Wildman–Crippen LogP) is 7.03. The molecule has 0 radical (unpaired) electrons. The maximum Gasteiger partial charge on any atom is 0.0968 e. The Morgan fingerprint density at radius 2 is 1.46 bits per heavy atom. The molecule has 2 aromatic heterocycles. The number of nitrogens with zero attached hydrogens (tertiary/aromatic N) is 2. The van der Waals surface area contributed by atoms with Crippen molar-refractivity contribution in [1.82, 2.24) is 9.97 Å². The molecule has 0 N–H and O–H groups in total. The van der Waals surface area contributed by atoms with Crippen molar-refractivity contribution in [3.63, 3.8) is 0 Å². The molecule has 0 spiro atoms. The second-order valence-electron chi connectivity index (χ2n) is 7.43. The van der Waals surface area contributed by atoms with E-state index in [1.54, 1.807) is 0 Å². The van der Waals surface area contributed by atoms with Crippen LogP contribution in [0.3, 0.4) is 0 Å². The molecule has 0 bridgehead atoms. The lowest BCUT2D eigenvalue weighted by atomic mass is 9.98. The van der Waals surface area contributed by atoms with Crippen molar-refractivity contribution in [2.24, 2.45) is 0 Å². The number of benzene rings is 1. The molecule has 0 amide bonds. The zero-order valence-corrected chi connectivity index (χ0v) is 16.4. The molecule has 3 rings (SSSR count). The van der Waals surface area contributed by atoms with E-state index in [4.69, 9.17) is 4.98 Å². The van der Waals surface area contributed by atoms with E-state index in [9.17, 15) is 0 Å². The fourth-order valence-electron chi connectivity index (χ4n) is 3.75. The lowest BCUT2D eigenvalue weighted by Gasteiger charge is -2.12. The molecular weight excluding hydrogens is 316 g/mol. The van der Waals surface area contributed by atoms with Gasteiger partial charge in [0.15, 0.2) is 0 Å². The van der Waals surface area contributed by atoms with Gasteiger partial charge in [-0.2, -0.15) is 0 Å². The number of hydrogen-bond acceptors (Lipinski definition) is 2. The van der Waals surface area contributed by atoms with Gasteiger partial charge in [-0.1, -0.05) is 70.6 Å². The summed E-state index contributed by atoms with van der Waals surface area (Å²) in [5.41, 5.74) is 4.88. The summed E-state index contributed by atoms with van der Waals surface area (Å²) in [5, 5.41) is 2.42. The smallest absolute Gasteiger partial charge is 0.0968 e. The van der Waals surface area contributed by atoms with Crippen LogP contribution in [0, 0.1) is 0 Å². The summed E-state index contributed by atoms with van der Waals surface area (Å²) in [6.07, 6.45) is 14.5. The van der Waals surface area contributed by atoms with Gasteiger partial charge in [0.1, 0.15) is 0 Å². The fourth-order valence-corrected chi connectivity index (χ4v) is 3.75. The van der Waals surface area contributed by atoms with Crippen molar-refractivity contribution < 1.29 is 0 Å². The summed E-state index contributed by atoms with van der Waals surface area (Å²) in [4.78, 5) is 9.75. The summed E-state index contributed by atoms with van der Waals surface area (Å²) in [5.74, 6) is 0. The van der Waals surface area contributed by atoms with Crippen LogP contribution in [0.4, 0.5) is 0 Å². The first kappa shape index (κ1) is 18.8. The van der Waals surface area contributed by atoms with Crippen LogP contribution in [0.1, 0.15) is 76.5 Å². The monoisotopic (exact) mass is 348 g/mol. The summed E-state index contributed by atoms with van der Waals surface area (Å²) in [6.45, 7) is 4.54. The zero-order chi connectivity index (χ0) is 18.2. The molecule has 1 aromatic carbocycles. The minimum absolute atomic E-state index is 1.04. The summed E-state index contributed by atoms with van der Waals surface area (Å²) in [6, 6.07) is 10.9. The molecule has 3 aromatic rings. The molecule has 0 aliphatic heterocycles. The number of fused-ring (bicyclic) bond motifs is 3. The van der Waals surface area contributed by atoms with E-state index in [1.165, 1.54) is 73.4 Å². The van der Waals surface area contributed by atoms with Crippen molar-refractivity contribution in [1.29, 1.82) is 0 Å². The Bertz CT molecular complexity index is 838. The number of hydrogen-bond donors (Lipinski definition) is 0. The van der Waals surface area contributed by atoms with Crippen LogP contribution in [-0.4, -0.2) is 9.97 Å². The van der Waals surface area contributed by atoms with Crippen LogP contribution in [0.2, 0.25) is 0 Å². The third kappa shape index (κ3) is 4.60. The van der Waals surface area contributed by atoms with Gasteiger partial charge < -0.3 is 0 Å². The SMILES string of the molecule is CCCCCCc1cc2ccc3cccnc3c2nc1CCCCCC. The van der Waals surface area contributed by atoms with Gasteiger partial charge in [-0.15, -0.1) is 0 Å². The van der Waals surface area contributed by atoms with Crippen LogP contribution in [-0.2, 0) is 12.8 Å². The predicted molar refractivity (Wildman–Crippen MR) is 113 cm³/mol. The first-order chi connectivity index (χ1) is 12.8. The molecule has 2 heterocycles. The highest BCUT2D eigenvalue weighted by Gasteiger charge is 2.10. The number of unbranched alkanes of at least 4 members (excludes halogenated alkanes) is 6. The summed E-state index contributed by atoms with van der Waals surface area (Å²) >= 11 is 0. The Morgan fingerprint density at radius 3 is 2.23 bits per heavy atom. The Kier molecular flexibility index (Phi) is 6.99. The summed E-state index contributed by atoms with van der Waals surface area (Å²) in [7, 11) is 0. The maximum absolute atomic E-state index is 5.14. The average Bonchev–Trinajstić information content (AvgIpc) is 2.68. The highest BCUT2D eigenvalue weighted by atomic mass is 14.8. The van der Waals surface area contributed by atoms with Gasteiger partial charge in [0.25, 0.3) is 0 Å². The van der Waals surface area contributed by atoms with E-state index >= 15 is 0 Å². The first-order valence-electron chi connectivity index (χ1n) is 10.5. The lowest BCUT2D eigenvalue weighted by molar-refractivity contribution is 0.645. The van der Waals surface area contributed by atoms with Gasteiger partial charge in [0.05, 0.1) is 11.0 Å². The third-order valence-electron chi connectivity index (χ3n) is 5.29.